The standard InChI is InChI=1S/C16H23NOS/c1-16(9-2-10-17-16)13-3-5-14(6-4-13)18-15-7-11-19-12-8-15/h3-6,15,17H,2,7-12H2,1H3. The first-order chi connectivity index (χ1) is 9.26. The van der Waals surface area contributed by atoms with E-state index in [1.54, 1.807) is 0 Å². The van der Waals surface area contributed by atoms with Gasteiger partial charge < -0.3 is 10.1 Å². The quantitative estimate of drug-likeness (QED) is 0.913. The molecule has 0 aromatic heterocycles. The molecule has 0 saturated carbocycles. The molecule has 0 bridgehead atoms. The lowest BCUT2D eigenvalue weighted by Crippen LogP contribution is -2.33. The Bertz CT molecular complexity index is 405. The van der Waals surface area contributed by atoms with Crippen molar-refractivity contribution in [2.24, 2.45) is 0 Å². The molecule has 1 atom stereocenters. The molecule has 0 spiro atoms. The highest BCUT2D eigenvalue weighted by atomic mass is 32.2. The summed E-state index contributed by atoms with van der Waals surface area (Å²) in [6, 6.07) is 8.74. The molecule has 0 aliphatic carbocycles. The maximum absolute atomic E-state index is 6.07. The molecule has 2 saturated heterocycles. The van der Waals surface area contributed by atoms with Crippen LogP contribution in [-0.2, 0) is 5.54 Å². The van der Waals surface area contributed by atoms with Gasteiger partial charge in [-0.05, 0) is 68.4 Å². The normalized spacial score (nSPS) is 28.5. The van der Waals surface area contributed by atoms with E-state index in [4.69, 9.17) is 4.74 Å². The van der Waals surface area contributed by atoms with Crippen LogP contribution >= 0.6 is 11.8 Å². The molecule has 104 valence electrons. The van der Waals surface area contributed by atoms with E-state index in [9.17, 15) is 0 Å². The molecule has 2 nitrogen and oxygen atoms in total. The molecular weight excluding hydrogens is 254 g/mol. The summed E-state index contributed by atoms with van der Waals surface area (Å²) in [6.07, 6.45) is 5.30. The Morgan fingerprint density at radius 1 is 1.21 bits per heavy atom. The van der Waals surface area contributed by atoms with E-state index >= 15 is 0 Å². The molecular formula is C16H23NOS. The molecule has 1 aromatic carbocycles. The van der Waals surface area contributed by atoms with Crippen LogP contribution < -0.4 is 10.1 Å². The molecule has 1 unspecified atom stereocenters. The van der Waals surface area contributed by atoms with Gasteiger partial charge in [-0.1, -0.05) is 12.1 Å². The smallest absolute Gasteiger partial charge is 0.119 e. The molecule has 1 N–H and O–H groups in total. The van der Waals surface area contributed by atoms with E-state index < -0.39 is 0 Å². The van der Waals surface area contributed by atoms with Gasteiger partial charge in [0.25, 0.3) is 0 Å². The average Bonchev–Trinajstić information content (AvgIpc) is 2.89. The molecule has 19 heavy (non-hydrogen) atoms. The fourth-order valence-corrected chi connectivity index (χ4v) is 4.09. The van der Waals surface area contributed by atoms with Crippen LogP contribution in [0.2, 0.25) is 0 Å². The van der Waals surface area contributed by atoms with Gasteiger partial charge in [-0.3, -0.25) is 0 Å². The van der Waals surface area contributed by atoms with E-state index in [1.165, 1.54) is 42.8 Å². The second kappa shape index (κ2) is 5.76. The van der Waals surface area contributed by atoms with Gasteiger partial charge in [0, 0.05) is 5.54 Å². The van der Waals surface area contributed by atoms with Crippen LogP contribution in [0.3, 0.4) is 0 Å². The fraction of sp³-hybridized carbons (Fsp3) is 0.625. The first kappa shape index (κ1) is 13.3. The number of rotatable bonds is 3. The summed E-state index contributed by atoms with van der Waals surface area (Å²) >= 11 is 2.04. The van der Waals surface area contributed by atoms with Gasteiger partial charge in [0.05, 0.1) is 0 Å². The topological polar surface area (TPSA) is 21.3 Å². The Kier molecular flexibility index (Phi) is 4.04. The summed E-state index contributed by atoms with van der Waals surface area (Å²) in [7, 11) is 0. The molecule has 2 aliphatic heterocycles. The van der Waals surface area contributed by atoms with Crippen LogP contribution in [0, 0.1) is 0 Å². The summed E-state index contributed by atoms with van der Waals surface area (Å²) in [5, 5.41) is 3.61. The van der Waals surface area contributed by atoms with E-state index in [1.807, 2.05) is 11.8 Å². The minimum absolute atomic E-state index is 0.167. The van der Waals surface area contributed by atoms with Crippen LogP contribution in [0.25, 0.3) is 0 Å². The number of ether oxygens (including phenoxy) is 1. The van der Waals surface area contributed by atoms with Crippen molar-refractivity contribution >= 4 is 11.8 Å². The second-order valence-electron chi connectivity index (χ2n) is 5.82. The highest BCUT2D eigenvalue weighted by Gasteiger charge is 2.29. The SMILES string of the molecule is CC1(c2ccc(OC3CCSCC3)cc2)CCCN1. The molecule has 1 aromatic rings. The van der Waals surface area contributed by atoms with Crippen molar-refractivity contribution in [2.75, 3.05) is 18.1 Å². The third kappa shape index (κ3) is 3.09. The minimum atomic E-state index is 0.167. The van der Waals surface area contributed by atoms with Crippen molar-refractivity contribution in [1.29, 1.82) is 0 Å². The maximum atomic E-state index is 6.07. The largest absolute Gasteiger partial charge is 0.490 e. The van der Waals surface area contributed by atoms with Crippen LogP contribution in [0.4, 0.5) is 0 Å². The lowest BCUT2D eigenvalue weighted by molar-refractivity contribution is 0.192. The van der Waals surface area contributed by atoms with E-state index in [2.05, 4.69) is 36.5 Å². The van der Waals surface area contributed by atoms with E-state index in [-0.39, 0.29) is 5.54 Å². The van der Waals surface area contributed by atoms with Gasteiger partial charge in [-0.15, -0.1) is 0 Å². The molecule has 2 fully saturated rings. The van der Waals surface area contributed by atoms with Gasteiger partial charge in [0.2, 0.25) is 0 Å². The average molecular weight is 277 g/mol. The Morgan fingerprint density at radius 2 is 1.95 bits per heavy atom. The number of hydrogen-bond donors (Lipinski definition) is 1. The number of hydrogen-bond acceptors (Lipinski definition) is 3. The molecule has 0 radical (unpaired) electrons. The van der Waals surface area contributed by atoms with Crippen molar-refractivity contribution in [3.63, 3.8) is 0 Å². The molecule has 0 amide bonds. The Balaban J connectivity index is 1.65. The lowest BCUT2D eigenvalue weighted by atomic mass is 9.91. The summed E-state index contributed by atoms with van der Waals surface area (Å²) in [4.78, 5) is 0. The molecule has 3 heteroatoms. The number of thioether (sulfide) groups is 1. The van der Waals surface area contributed by atoms with Gasteiger partial charge in [0.1, 0.15) is 11.9 Å². The number of nitrogens with one attached hydrogen (secondary N) is 1. The summed E-state index contributed by atoms with van der Waals surface area (Å²) < 4.78 is 6.07. The Morgan fingerprint density at radius 3 is 2.58 bits per heavy atom. The highest BCUT2D eigenvalue weighted by molar-refractivity contribution is 7.99. The predicted octanol–water partition coefficient (Wildman–Crippen LogP) is 3.56. The van der Waals surface area contributed by atoms with Crippen LogP contribution in [0.15, 0.2) is 24.3 Å². The molecule has 3 rings (SSSR count). The third-order valence-corrected chi connectivity index (χ3v) is 5.38. The van der Waals surface area contributed by atoms with E-state index in [0.717, 1.165) is 12.3 Å². The van der Waals surface area contributed by atoms with Crippen molar-refractivity contribution < 1.29 is 4.74 Å². The zero-order valence-electron chi connectivity index (χ0n) is 11.7. The predicted molar refractivity (Wildman–Crippen MR) is 82.0 cm³/mol. The van der Waals surface area contributed by atoms with Gasteiger partial charge in [-0.2, -0.15) is 11.8 Å². The Hall–Kier alpha value is -0.670. The van der Waals surface area contributed by atoms with Crippen molar-refractivity contribution in [3.05, 3.63) is 29.8 Å². The lowest BCUT2D eigenvalue weighted by Gasteiger charge is -2.26. The second-order valence-corrected chi connectivity index (χ2v) is 7.04. The first-order valence-corrected chi connectivity index (χ1v) is 8.52. The van der Waals surface area contributed by atoms with Crippen LogP contribution in [-0.4, -0.2) is 24.2 Å². The van der Waals surface area contributed by atoms with Gasteiger partial charge in [-0.25, -0.2) is 0 Å². The van der Waals surface area contributed by atoms with Crippen molar-refractivity contribution in [2.45, 2.75) is 44.2 Å². The van der Waals surface area contributed by atoms with E-state index in [0.29, 0.717) is 6.10 Å². The first-order valence-electron chi connectivity index (χ1n) is 7.36. The van der Waals surface area contributed by atoms with Crippen LogP contribution in [0.5, 0.6) is 5.75 Å². The fourth-order valence-electron chi connectivity index (χ4n) is 3.03. The zero-order chi connectivity index (χ0) is 13.1. The van der Waals surface area contributed by atoms with Gasteiger partial charge in [0.15, 0.2) is 0 Å². The Labute approximate surface area is 120 Å². The summed E-state index contributed by atoms with van der Waals surface area (Å²) in [5.74, 6) is 3.51. The molecule has 2 aliphatic rings. The summed E-state index contributed by atoms with van der Waals surface area (Å²) in [6.45, 7) is 3.43. The summed E-state index contributed by atoms with van der Waals surface area (Å²) in [5.41, 5.74) is 1.55. The maximum Gasteiger partial charge on any atom is 0.119 e. The molecule has 2 heterocycles. The number of benzene rings is 1. The third-order valence-electron chi connectivity index (χ3n) is 4.33. The van der Waals surface area contributed by atoms with Crippen molar-refractivity contribution in [1.82, 2.24) is 5.32 Å². The van der Waals surface area contributed by atoms with Crippen molar-refractivity contribution in [3.8, 4) is 5.75 Å². The van der Waals surface area contributed by atoms with Gasteiger partial charge >= 0.3 is 0 Å². The van der Waals surface area contributed by atoms with Crippen LogP contribution in [0.1, 0.15) is 38.2 Å². The zero-order valence-corrected chi connectivity index (χ0v) is 12.5. The monoisotopic (exact) mass is 277 g/mol. The highest BCUT2D eigenvalue weighted by Crippen LogP contribution is 2.31. The minimum Gasteiger partial charge on any atom is -0.490 e.